The molecular formula is C24H37N2O12P. The molecule has 2 N–H and O–H groups in total. The first-order chi connectivity index (χ1) is 17.8. The van der Waals surface area contributed by atoms with Crippen LogP contribution in [-0.4, -0.2) is 58.1 Å². The lowest BCUT2D eigenvalue weighted by molar-refractivity contribution is -0.163. The van der Waals surface area contributed by atoms with Crippen molar-refractivity contribution >= 4 is 25.5 Å². The van der Waals surface area contributed by atoms with Crippen LogP contribution >= 0.6 is 7.60 Å². The SMILES string of the molecule is Cc1cn([C@H]2CC[C@@H](OC(C(=O)O)P(=O)(OCOC(=O)C(C)(C)C)OCOC(=O)C(C)(C)C)C2)c(=O)[nH]c1=O. The highest BCUT2D eigenvalue weighted by Gasteiger charge is 2.47. The van der Waals surface area contributed by atoms with Gasteiger partial charge in [-0.3, -0.25) is 37.5 Å². The largest absolute Gasteiger partial charge is 0.479 e. The molecule has 1 aromatic heterocycles. The second-order valence-electron chi connectivity index (χ2n) is 11.3. The van der Waals surface area contributed by atoms with E-state index in [1.54, 1.807) is 48.5 Å². The number of nitrogens with zero attached hydrogens (tertiary/aromatic N) is 1. The molecule has 0 amide bonds. The van der Waals surface area contributed by atoms with Crippen molar-refractivity contribution in [1.82, 2.24) is 9.55 Å². The summed E-state index contributed by atoms with van der Waals surface area (Å²) in [6.45, 7) is 9.18. The molecule has 14 nitrogen and oxygen atoms in total. The van der Waals surface area contributed by atoms with Crippen LogP contribution in [0.1, 0.15) is 72.4 Å². The van der Waals surface area contributed by atoms with Crippen molar-refractivity contribution in [2.45, 2.75) is 85.7 Å². The van der Waals surface area contributed by atoms with Gasteiger partial charge in [-0.05, 0) is 67.7 Å². The summed E-state index contributed by atoms with van der Waals surface area (Å²) >= 11 is 0. The maximum atomic E-state index is 13.7. The molecule has 0 bridgehead atoms. The van der Waals surface area contributed by atoms with Crippen LogP contribution in [0.3, 0.4) is 0 Å². The Morgan fingerprint density at radius 2 is 1.54 bits per heavy atom. The van der Waals surface area contributed by atoms with E-state index in [1.165, 1.54) is 10.8 Å². The Balaban J connectivity index is 2.22. The zero-order valence-corrected chi connectivity index (χ0v) is 24.1. The minimum atomic E-state index is -4.76. The topological polar surface area (TPSA) is 190 Å². The van der Waals surface area contributed by atoms with E-state index in [9.17, 15) is 33.6 Å². The minimum Gasteiger partial charge on any atom is -0.479 e. The van der Waals surface area contributed by atoms with Crippen LogP contribution in [0.5, 0.6) is 0 Å². The van der Waals surface area contributed by atoms with Gasteiger partial charge in [0, 0.05) is 17.8 Å². The molecule has 15 heteroatoms. The van der Waals surface area contributed by atoms with Crippen LogP contribution in [0.15, 0.2) is 15.8 Å². The lowest BCUT2D eigenvalue weighted by Crippen LogP contribution is -2.34. The first kappa shape index (κ1) is 32.4. The van der Waals surface area contributed by atoms with E-state index >= 15 is 0 Å². The highest BCUT2D eigenvalue weighted by Crippen LogP contribution is 2.55. The monoisotopic (exact) mass is 576 g/mol. The lowest BCUT2D eigenvalue weighted by Gasteiger charge is -2.27. The van der Waals surface area contributed by atoms with Gasteiger partial charge in [0.05, 0.1) is 16.9 Å². The number of H-pyrrole nitrogens is 1. The third kappa shape index (κ3) is 8.85. The zero-order valence-electron chi connectivity index (χ0n) is 23.2. The number of carboxylic acid groups (broad SMARTS) is 1. The molecule has 0 spiro atoms. The van der Waals surface area contributed by atoms with E-state index in [0.29, 0.717) is 12.0 Å². The Hall–Kier alpha value is -2.80. The van der Waals surface area contributed by atoms with Crippen LogP contribution < -0.4 is 11.2 Å². The van der Waals surface area contributed by atoms with E-state index in [0.717, 1.165) is 0 Å². The van der Waals surface area contributed by atoms with E-state index in [2.05, 4.69) is 4.98 Å². The molecule has 1 aliphatic rings. The molecule has 0 aromatic carbocycles. The van der Waals surface area contributed by atoms with Crippen LogP contribution in [-0.2, 0) is 42.2 Å². The summed E-state index contributed by atoms with van der Waals surface area (Å²) in [5.74, 6) is -5.28. The summed E-state index contributed by atoms with van der Waals surface area (Å²) in [7, 11) is -4.76. The summed E-state index contributed by atoms with van der Waals surface area (Å²) in [5, 5.41) is 9.87. The Kier molecular flexibility index (Phi) is 10.5. The van der Waals surface area contributed by atoms with Gasteiger partial charge < -0.3 is 19.3 Å². The molecule has 0 aliphatic heterocycles. The van der Waals surface area contributed by atoms with E-state index in [-0.39, 0.29) is 12.8 Å². The average molecular weight is 577 g/mol. The van der Waals surface area contributed by atoms with Gasteiger partial charge in [0.25, 0.3) is 11.4 Å². The summed E-state index contributed by atoms with van der Waals surface area (Å²) < 4.78 is 40.9. The van der Waals surface area contributed by atoms with Crippen molar-refractivity contribution in [3.8, 4) is 0 Å². The van der Waals surface area contributed by atoms with Crippen LogP contribution in [0.2, 0.25) is 0 Å². The first-order valence-corrected chi connectivity index (χ1v) is 13.9. The normalized spacial score (nSPS) is 18.9. The smallest absolute Gasteiger partial charge is 0.376 e. The molecular weight excluding hydrogens is 539 g/mol. The van der Waals surface area contributed by atoms with Crippen LogP contribution in [0.25, 0.3) is 0 Å². The standard InChI is InChI=1S/C24H37N2O12P/c1-14-11-26(22(32)25-17(14)27)15-8-9-16(10-15)38-19(18(28)29)39(33,36-12-34-20(30)23(2,3)4)37-13-35-21(31)24(5,6)7/h11,15-16,19H,8-10,12-13H2,1-7H3,(H,28,29)(H,25,27,32)/t15-,16+,19?/m0/s1. The fourth-order valence-electron chi connectivity index (χ4n) is 3.51. The summed E-state index contributed by atoms with van der Waals surface area (Å²) in [6, 6.07) is -0.422. The first-order valence-electron chi connectivity index (χ1n) is 12.3. The molecule has 1 fully saturated rings. The van der Waals surface area contributed by atoms with E-state index < -0.39 is 79.2 Å². The number of aromatic amines is 1. The van der Waals surface area contributed by atoms with Gasteiger partial charge in [0.1, 0.15) is 0 Å². The van der Waals surface area contributed by atoms with E-state index in [4.69, 9.17) is 23.3 Å². The highest BCUT2D eigenvalue weighted by molar-refractivity contribution is 7.55. The molecule has 3 atom stereocenters. The number of carbonyl (C=O) groups excluding carboxylic acids is 2. The predicted molar refractivity (Wildman–Crippen MR) is 136 cm³/mol. The number of nitrogens with one attached hydrogen (secondary N) is 1. The summed E-state index contributed by atoms with van der Waals surface area (Å²) in [6.07, 6.45) is 1.48. The minimum absolute atomic E-state index is 0.160. The second-order valence-corrected chi connectivity index (χ2v) is 13.4. The number of ether oxygens (including phenoxy) is 3. The van der Waals surface area contributed by atoms with Crippen molar-refractivity contribution in [1.29, 1.82) is 0 Å². The molecule has 0 radical (unpaired) electrons. The van der Waals surface area contributed by atoms with Crippen molar-refractivity contribution < 1.29 is 47.3 Å². The molecule has 1 aliphatic carbocycles. The van der Waals surface area contributed by atoms with Gasteiger partial charge >= 0.3 is 31.2 Å². The number of carbonyl (C=O) groups is 3. The maximum absolute atomic E-state index is 13.7. The fraction of sp³-hybridized carbons (Fsp3) is 0.708. The summed E-state index contributed by atoms with van der Waals surface area (Å²) in [5.41, 5.74) is -2.65. The predicted octanol–water partition coefficient (Wildman–Crippen LogP) is 2.69. The Labute approximate surface area is 225 Å². The number of aliphatic carboxylic acids is 1. The number of carboxylic acids is 1. The second kappa shape index (κ2) is 12.6. The number of hydrogen-bond acceptors (Lipinski definition) is 11. The number of aromatic nitrogens is 2. The lowest BCUT2D eigenvalue weighted by atomic mass is 9.98. The van der Waals surface area contributed by atoms with Crippen LogP contribution in [0.4, 0.5) is 0 Å². The van der Waals surface area contributed by atoms with Gasteiger partial charge in [-0.15, -0.1) is 0 Å². The Bertz CT molecular complexity index is 1190. The number of hydrogen-bond donors (Lipinski definition) is 2. The molecule has 1 saturated carbocycles. The molecule has 1 unspecified atom stereocenters. The van der Waals surface area contributed by atoms with Gasteiger partial charge in [-0.1, -0.05) is 0 Å². The number of aryl methyl sites for hydroxylation is 1. The fourth-order valence-corrected chi connectivity index (χ4v) is 4.85. The Morgan fingerprint density at radius 1 is 1.03 bits per heavy atom. The van der Waals surface area contributed by atoms with Crippen LogP contribution in [0, 0.1) is 17.8 Å². The van der Waals surface area contributed by atoms with Gasteiger partial charge in [-0.25, -0.2) is 9.59 Å². The highest BCUT2D eigenvalue weighted by atomic mass is 31.2. The van der Waals surface area contributed by atoms with E-state index in [1.807, 2.05) is 0 Å². The average Bonchev–Trinajstić information content (AvgIpc) is 3.26. The molecule has 1 aromatic rings. The van der Waals surface area contributed by atoms with Crippen molar-refractivity contribution in [2.75, 3.05) is 13.6 Å². The molecule has 220 valence electrons. The van der Waals surface area contributed by atoms with Crippen molar-refractivity contribution in [3.05, 3.63) is 32.6 Å². The molecule has 1 heterocycles. The van der Waals surface area contributed by atoms with Gasteiger partial charge in [0.15, 0.2) is 0 Å². The summed E-state index contributed by atoms with van der Waals surface area (Å²) in [4.78, 5) is 62.5. The quantitative estimate of drug-likeness (QED) is 0.223. The van der Waals surface area contributed by atoms with Gasteiger partial charge in [-0.2, -0.15) is 0 Å². The molecule has 39 heavy (non-hydrogen) atoms. The number of rotatable bonds is 11. The third-order valence-corrected chi connectivity index (χ3v) is 7.63. The number of esters is 2. The molecule has 0 saturated heterocycles. The maximum Gasteiger partial charge on any atom is 0.376 e. The Morgan fingerprint density at radius 3 is 2.00 bits per heavy atom. The van der Waals surface area contributed by atoms with Crippen molar-refractivity contribution in [2.24, 2.45) is 10.8 Å². The zero-order chi connectivity index (χ0) is 29.8. The van der Waals surface area contributed by atoms with Gasteiger partial charge in [0.2, 0.25) is 13.6 Å². The van der Waals surface area contributed by atoms with Crippen molar-refractivity contribution in [3.63, 3.8) is 0 Å². The third-order valence-electron chi connectivity index (χ3n) is 5.79. The molecule has 2 rings (SSSR count).